The van der Waals surface area contributed by atoms with Gasteiger partial charge in [-0.25, -0.2) is 0 Å². The van der Waals surface area contributed by atoms with E-state index in [1.165, 1.54) is 51.9 Å². The first-order valence-corrected chi connectivity index (χ1v) is 8.77. The minimum Gasteiger partial charge on any atom is -0.312 e. The molecule has 118 valence electrons. The van der Waals surface area contributed by atoms with Crippen molar-refractivity contribution in [2.45, 2.75) is 66.3 Å². The Bertz CT molecular complexity index is 288. The van der Waals surface area contributed by atoms with Gasteiger partial charge in [0.15, 0.2) is 0 Å². The second-order valence-electron chi connectivity index (χ2n) is 9.03. The van der Waals surface area contributed by atoms with Crippen molar-refractivity contribution in [1.82, 2.24) is 10.2 Å². The molecule has 0 amide bonds. The molecule has 1 saturated heterocycles. The summed E-state index contributed by atoms with van der Waals surface area (Å²) < 4.78 is 0. The lowest BCUT2D eigenvalue weighted by Crippen LogP contribution is -2.51. The van der Waals surface area contributed by atoms with Crippen molar-refractivity contribution in [1.29, 1.82) is 0 Å². The first kappa shape index (κ1) is 16.3. The van der Waals surface area contributed by atoms with E-state index in [0.29, 0.717) is 5.41 Å². The molecule has 1 saturated carbocycles. The van der Waals surface area contributed by atoms with Crippen LogP contribution in [-0.2, 0) is 0 Å². The standard InChI is InChI=1S/C18H36N2/c1-14(2)11-20-12-16(9-18(3,4)5)8-17(13-20)19-10-15-6-7-15/h14-17,19H,6-13H2,1-5H3. The number of nitrogens with zero attached hydrogens (tertiary/aromatic N) is 1. The van der Waals surface area contributed by atoms with Crippen LogP contribution in [0.15, 0.2) is 0 Å². The molecule has 20 heavy (non-hydrogen) atoms. The highest BCUT2D eigenvalue weighted by Crippen LogP contribution is 2.32. The van der Waals surface area contributed by atoms with E-state index >= 15 is 0 Å². The number of piperidine rings is 1. The smallest absolute Gasteiger partial charge is 0.0198 e. The first-order valence-electron chi connectivity index (χ1n) is 8.77. The average molecular weight is 281 g/mol. The maximum Gasteiger partial charge on any atom is 0.0198 e. The molecule has 0 aromatic heterocycles. The Morgan fingerprint density at radius 2 is 1.80 bits per heavy atom. The van der Waals surface area contributed by atoms with Crippen molar-refractivity contribution in [3.8, 4) is 0 Å². The third-order valence-electron chi connectivity index (χ3n) is 4.53. The van der Waals surface area contributed by atoms with Crippen LogP contribution in [0.25, 0.3) is 0 Å². The van der Waals surface area contributed by atoms with Crippen LogP contribution >= 0.6 is 0 Å². The molecule has 0 bridgehead atoms. The van der Waals surface area contributed by atoms with Gasteiger partial charge in [-0.2, -0.15) is 0 Å². The van der Waals surface area contributed by atoms with E-state index < -0.39 is 0 Å². The summed E-state index contributed by atoms with van der Waals surface area (Å²) in [4.78, 5) is 2.72. The highest BCUT2D eigenvalue weighted by atomic mass is 15.2. The van der Waals surface area contributed by atoms with Gasteiger partial charge in [0.2, 0.25) is 0 Å². The summed E-state index contributed by atoms with van der Waals surface area (Å²) in [5.41, 5.74) is 0.465. The third kappa shape index (κ3) is 6.13. The quantitative estimate of drug-likeness (QED) is 0.797. The summed E-state index contributed by atoms with van der Waals surface area (Å²) >= 11 is 0. The molecule has 0 radical (unpaired) electrons. The molecule has 2 unspecified atom stereocenters. The van der Waals surface area contributed by atoms with Crippen LogP contribution in [0.4, 0.5) is 0 Å². The predicted octanol–water partition coefficient (Wildman–Crippen LogP) is 3.77. The van der Waals surface area contributed by atoms with Gasteiger partial charge in [-0.1, -0.05) is 34.6 Å². The second kappa shape index (κ2) is 6.79. The summed E-state index contributed by atoms with van der Waals surface area (Å²) in [7, 11) is 0. The Kier molecular flexibility index (Phi) is 5.53. The normalized spacial score (nSPS) is 29.1. The molecule has 2 rings (SSSR count). The van der Waals surface area contributed by atoms with Gasteiger partial charge in [-0.3, -0.25) is 0 Å². The summed E-state index contributed by atoms with van der Waals surface area (Å²) in [6.07, 6.45) is 5.67. The van der Waals surface area contributed by atoms with Gasteiger partial charge >= 0.3 is 0 Å². The Morgan fingerprint density at radius 1 is 1.10 bits per heavy atom. The van der Waals surface area contributed by atoms with E-state index in [4.69, 9.17) is 0 Å². The van der Waals surface area contributed by atoms with Crippen LogP contribution in [-0.4, -0.2) is 37.1 Å². The molecule has 1 N–H and O–H groups in total. The largest absolute Gasteiger partial charge is 0.312 e. The zero-order valence-electron chi connectivity index (χ0n) is 14.4. The van der Waals surface area contributed by atoms with Crippen molar-refractivity contribution in [3.63, 3.8) is 0 Å². The van der Waals surface area contributed by atoms with Crippen molar-refractivity contribution in [2.75, 3.05) is 26.2 Å². The van der Waals surface area contributed by atoms with Crippen LogP contribution in [0.2, 0.25) is 0 Å². The molecular weight excluding hydrogens is 244 g/mol. The summed E-state index contributed by atoms with van der Waals surface area (Å²) in [5, 5.41) is 3.86. The number of hydrogen-bond donors (Lipinski definition) is 1. The molecule has 2 atom stereocenters. The van der Waals surface area contributed by atoms with E-state index in [9.17, 15) is 0 Å². The van der Waals surface area contributed by atoms with E-state index in [-0.39, 0.29) is 0 Å². The zero-order chi connectivity index (χ0) is 14.8. The molecule has 0 spiro atoms. The third-order valence-corrected chi connectivity index (χ3v) is 4.53. The van der Waals surface area contributed by atoms with Gasteiger partial charge in [-0.15, -0.1) is 0 Å². The Labute approximate surface area is 126 Å². The second-order valence-corrected chi connectivity index (χ2v) is 9.03. The van der Waals surface area contributed by atoms with Crippen molar-refractivity contribution < 1.29 is 0 Å². The molecule has 1 aliphatic heterocycles. The van der Waals surface area contributed by atoms with Gasteiger partial charge in [-0.05, 0) is 55.4 Å². The number of hydrogen-bond acceptors (Lipinski definition) is 2. The Morgan fingerprint density at radius 3 is 2.35 bits per heavy atom. The zero-order valence-corrected chi connectivity index (χ0v) is 14.4. The van der Waals surface area contributed by atoms with Gasteiger partial charge < -0.3 is 10.2 Å². The fraction of sp³-hybridized carbons (Fsp3) is 1.00. The van der Waals surface area contributed by atoms with Crippen molar-refractivity contribution in [2.24, 2.45) is 23.2 Å². The summed E-state index contributed by atoms with van der Waals surface area (Å²) in [6, 6.07) is 0.732. The SMILES string of the molecule is CC(C)CN1CC(CC(C)(C)C)CC(NCC2CC2)C1. The maximum absolute atomic E-state index is 3.86. The lowest BCUT2D eigenvalue weighted by atomic mass is 9.80. The molecule has 0 aromatic carbocycles. The van der Waals surface area contributed by atoms with Gasteiger partial charge in [0.25, 0.3) is 0 Å². The lowest BCUT2D eigenvalue weighted by molar-refractivity contribution is 0.104. The summed E-state index contributed by atoms with van der Waals surface area (Å²) in [6.45, 7) is 17.0. The predicted molar refractivity (Wildman–Crippen MR) is 88.0 cm³/mol. The number of likely N-dealkylation sites (tertiary alicyclic amines) is 1. The highest BCUT2D eigenvalue weighted by Gasteiger charge is 2.31. The number of nitrogens with one attached hydrogen (secondary N) is 1. The lowest BCUT2D eigenvalue weighted by Gasteiger charge is -2.41. The minimum absolute atomic E-state index is 0.465. The van der Waals surface area contributed by atoms with Gasteiger partial charge in [0, 0.05) is 25.7 Å². The van der Waals surface area contributed by atoms with E-state index in [1.54, 1.807) is 0 Å². The molecule has 1 aliphatic carbocycles. The van der Waals surface area contributed by atoms with Gasteiger partial charge in [0.05, 0.1) is 0 Å². The average Bonchev–Trinajstić information content (AvgIpc) is 3.06. The molecule has 2 heteroatoms. The van der Waals surface area contributed by atoms with Crippen LogP contribution in [0.3, 0.4) is 0 Å². The van der Waals surface area contributed by atoms with Crippen molar-refractivity contribution >= 4 is 0 Å². The maximum atomic E-state index is 3.86. The molecule has 2 aliphatic rings. The van der Waals surface area contributed by atoms with E-state index in [1.807, 2.05) is 0 Å². The van der Waals surface area contributed by atoms with E-state index in [2.05, 4.69) is 44.8 Å². The highest BCUT2D eigenvalue weighted by molar-refractivity contribution is 4.87. The fourth-order valence-electron chi connectivity index (χ4n) is 3.79. The Hall–Kier alpha value is -0.0800. The molecule has 2 nitrogen and oxygen atoms in total. The monoisotopic (exact) mass is 280 g/mol. The van der Waals surface area contributed by atoms with Crippen LogP contribution in [0.5, 0.6) is 0 Å². The van der Waals surface area contributed by atoms with Crippen LogP contribution in [0, 0.1) is 23.2 Å². The van der Waals surface area contributed by atoms with Crippen molar-refractivity contribution in [3.05, 3.63) is 0 Å². The molecule has 1 heterocycles. The molecular formula is C18H36N2. The minimum atomic E-state index is 0.465. The van der Waals surface area contributed by atoms with Crippen LogP contribution in [0.1, 0.15) is 60.3 Å². The Balaban J connectivity index is 1.86. The summed E-state index contributed by atoms with van der Waals surface area (Å²) in [5.74, 6) is 2.66. The topological polar surface area (TPSA) is 15.3 Å². The van der Waals surface area contributed by atoms with Gasteiger partial charge in [0.1, 0.15) is 0 Å². The van der Waals surface area contributed by atoms with Crippen LogP contribution < -0.4 is 5.32 Å². The molecule has 2 fully saturated rings. The van der Waals surface area contributed by atoms with E-state index in [0.717, 1.165) is 23.8 Å². The number of rotatable bonds is 6. The molecule has 0 aromatic rings. The fourth-order valence-corrected chi connectivity index (χ4v) is 3.79. The first-order chi connectivity index (χ1) is 9.32.